The molecule has 0 aliphatic heterocycles. The monoisotopic (exact) mass is 345 g/mol. The van der Waals surface area contributed by atoms with Gasteiger partial charge in [-0.15, -0.1) is 0 Å². The van der Waals surface area contributed by atoms with Gasteiger partial charge in [0.2, 0.25) is 0 Å². The average Bonchev–Trinajstić information content (AvgIpc) is 1.84. The molecule has 0 aromatic rings. The minimum Gasteiger partial charge on any atom is -0.393 e. The van der Waals surface area contributed by atoms with Crippen molar-refractivity contribution in [3.63, 3.8) is 0 Å². The van der Waals surface area contributed by atoms with Gasteiger partial charge < -0.3 is 15.3 Å². The smallest absolute Gasteiger partial charge is 0.341 e. The van der Waals surface area contributed by atoms with Crippen LogP contribution in [0, 0.1) is 10.1 Å². The molecule has 2 atom stereocenters. The van der Waals surface area contributed by atoms with Gasteiger partial charge in [-0.25, -0.2) is 0 Å². The van der Waals surface area contributed by atoms with Crippen LogP contribution in [0.5, 0.6) is 0 Å². The molecule has 0 aromatic carbocycles. The van der Waals surface area contributed by atoms with Gasteiger partial charge in [-0.1, -0.05) is 0 Å². The molecule has 0 aliphatic rings. The van der Waals surface area contributed by atoms with Crippen molar-refractivity contribution in [3.8, 4) is 0 Å². The van der Waals surface area contributed by atoms with E-state index in [2.05, 4.69) is 0 Å². The van der Waals surface area contributed by atoms with Gasteiger partial charge in [-0.05, 0) is 0 Å². The van der Waals surface area contributed by atoms with E-state index in [1.54, 1.807) is 0 Å². The van der Waals surface area contributed by atoms with Crippen LogP contribution in [0.25, 0.3) is 0 Å². The third kappa shape index (κ3) is 4.09. The zero-order valence-corrected chi connectivity index (χ0v) is 8.85. The Morgan fingerprint density at radius 3 is 2.00 bits per heavy atom. The maximum absolute atomic E-state index is 9.58. The van der Waals surface area contributed by atoms with E-state index < -0.39 is 23.9 Å². The van der Waals surface area contributed by atoms with Gasteiger partial charge in [0.25, 0.3) is 0 Å². The van der Waals surface area contributed by atoms with Crippen molar-refractivity contribution in [2.45, 2.75) is 12.3 Å². The Morgan fingerprint density at radius 2 is 1.90 bits per heavy atom. The Kier molecular flexibility index (Phi) is 7.64. The zero-order valence-electron chi connectivity index (χ0n) is 4.97. The standard InChI is InChI=1S/C3H7NO5.Pb/c5-1-2(6)3(7)4(8)9;/h2-3,5-7H,1H2;. The SMILES string of the molecule is O=[N+]([O-])C(O)C(O)CO.[Pb]. The average molecular weight is 344 g/mol. The van der Waals surface area contributed by atoms with E-state index in [9.17, 15) is 10.1 Å². The summed E-state index contributed by atoms with van der Waals surface area (Å²) >= 11 is 0. The molecule has 58 valence electrons. The Labute approximate surface area is 76.8 Å². The largest absolute Gasteiger partial charge is 0.393 e. The summed E-state index contributed by atoms with van der Waals surface area (Å²) in [7, 11) is 0. The molecule has 0 spiro atoms. The minimum absolute atomic E-state index is 0. The van der Waals surface area contributed by atoms with Crippen molar-refractivity contribution in [2.24, 2.45) is 0 Å². The molecule has 0 heterocycles. The fourth-order valence-electron chi connectivity index (χ4n) is 0.235. The molecule has 0 aliphatic carbocycles. The summed E-state index contributed by atoms with van der Waals surface area (Å²) in [5.74, 6) is 0. The summed E-state index contributed by atoms with van der Waals surface area (Å²) in [6.45, 7) is -0.817. The molecule has 0 bridgehead atoms. The van der Waals surface area contributed by atoms with E-state index in [1.807, 2.05) is 0 Å². The number of nitrogens with zero attached hydrogens (tertiary/aromatic N) is 1. The van der Waals surface area contributed by atoms with Crippen molar-refractivity contribution in [1.82, 2.24) is 0 Å². The van der Waals surface area contributed by atoms with Crippen LogP contribution in [0.15, 0.2) is 0 Å². The second-order valence-electron chi connectivity index (χ2n) is 1.45. The van der Waals surface area contributed by atoms with Crippen molar-refractivity contribution in [1.29, 1.82) is 0 Å². The second kappa shape index (κ2) is 5.95. The van der Waals surface area contributed by atoms with Crippen LogP contribution in [-0.2, 0) is 0 Å². The van der Waals surface area contributed by atoms with Gasteiger partial charge >= 0.3 is 6.23 Å². The summed E-state index contributed by atoms with van der Waals surface area (Å²) in [4.78, 5) is 8.50. The normalized spacial score (nSPS) is 15.1. The van der Waals surface area contributed by atoms with Gasteiger partial charge in [0.1, 0.15) is 0 Å². The van der Waals surface area contributed by atoms with Gasteiger partial charge in [0.15, 0.2) is 6.10 Å². The molecule has 10 heavy (non-hydrogen) atoms. The molecule has 0 saturated heterocycles. The van der Waals surface area contributed by atoms with Gasteiger partial charge in [-0.2, -0.15) is 0 Å². The first kappa shape index (κ1) is 12.8. The van der Waals surface area contributed by atoms with Crippen molar-refractivity contribution >= 4 is 27.3 Å². The van der Waals surface area contributed by atoms with Crippen molar-refractivity contribution < 1.29 is 20.2 Å². The zero-order chi connectivity index (χ0) is 7.44. The van der Waals surface area contributed by atoms with Crippen LogP contribution in [0.3, 0.4) is 0 Å². The summed E-state index contributed by atoms with van der Waals surface area (Å²) in [6.07, 6.45) is -3.78. The van der Waals surface area contributed by atoms with Crippen LogP contribution in [0.1, 0.15) is 0 Å². The van der Waals surface area contributed by atoms with Crippen molar-refractivity contribution in [3.05, 3.63) is 10.1 Å². The van der Waals surface area contributed by atoms with Crippen LogP contribution >= 0.6 is 0 Å². The molecule has 2 unspecified atom stereocenters. The second-order valence-corrected chi connectivity index (χ2v) is 1.45. The Hall–Kier alpha value is 0.202. The summed E-state index contributed by atoms with van der Waals surface area (Å²) in [5.41, 5.74) is 0. The molecule has 0 rings (SSSR count). The van der Waals surface area contributed by atoms with Crippen LogP contribution < -0.4 is 0 Å². The molecule has 6 nitrogen and oxygen atoms in total. The quantitative estimate of drug-likeness (QED) is 0.228. The molecule has 0 fully saturated rings. The molecule has 4 radical (unpaired) electrons. The van der Waals surface area contributed by atoms with E-state index in [0.717, 1.165) is 0 Å². The van der Waals surface area contributed by atoms with E-state index >= 15 is 0 Å². The molecule has 0 amide bonds. The molecular formula is C3H7NO5Pb. The van der Waals surface area contributed by atoms with Gasteiger partial charge in [0, 0.05) is 27.3 Å². The third-order valence-corrected chi connectivity index (χ3v) is 0.747. The first-order valence-corrected chi connectivity index (χ1v) is 2.20. The maximum Gasteiger partial charge on any atom is 0.341 e. The predicted molar refractivity (Wildman–Crippen MR) is 31.8 cm³/mol. The summed E-state index contributed by atoms with van der Waals surface area (Å²) in [5, 5.41) is 34.3. The van der Waals surface area contributed by atoms with Crippen molar-refractivity contribution in [2.75, 3.05) is 6.61 Å². The van der Waals surface area contributed by atoms with E-state index in [4.69, 9.17) is 15.3 Å². The third-order valence-electron chi connectivity index (χ3n) is 0.747. The molecule has 7 heteroatoms. The fourth-order valence-corrected chi connectivity index (χ4v) is 0.235. The van der Waals surface area contributed by atoms with Gasteiger partial charge in [-0.3, -0.25) is 10.1 Å². The summed E-state index contributed by atoms with van der Waals surface area (Å²) in [6, 6.07) is 0. The van der Waals surface area contributed by atoms with E-state index in [-0.39, 0.29) is 27.3 Å². The van der Waals surface area contributed by atoms with Crippen LogP contribution in [-0.4, -0.2) is 66.5 Å². The number of aliphatic hydroxyl groups is 3. The number of hydrogen-bond donors (Lipinski definition) is 3. The van der Waals surface area contributed by atoms with Crippen LogP contribution in [0.2, 0.25) is 0 Å². The topological polar surface area (TPSA) is 104 Å². The number of hydrogen-bond acceptors (Lipinski definition) is 5. The fraction of sp³-hybridized carbons (Fsp3) is 1.00. The molecule has 0 saturated carbocycles. The number of nitro groups is 1. The Balaban J connectivity index is 0. The Morgan fingerprint density at radius 1 is 1.50 bits per heavy atom. The number of aliphatic hydroxyl groups excluding tert-OH is 3. The minimum atomic E-state index is -2.09. The summed E-state index contributed by atoms with van der Waals surface area (Å²) < 4.78 is 0. The van der Waals surface area contributed by atoms with Crippen LogP contribution in [0.4, 0.5) is 0 Å². The van der Waals surface area contributed by atoms with Gasteiger partial charge in [0.05, 0.1) is 11.5 Å². The molecular weight excluding hydrogens is 337 g/mol. The van der Waals surface area contributed by atoms with E-state index in [1.165, 1.54) is 0 Å². The molecule has 0 aromatic heterocycles. The first-order chi connectivity index (χ1) is 4.09. The first-order valence-electron chi connectivity index (χ1n) is 2.20. The molecule has 3 N–H and O–H groups in total. The maximum atomic E-state index is 9.58. The predicted octanol–water partition coefficient (Wildman–Crippen LogP) is -2.45. The number of rotatable bonds is 3. The Bertz CT molecular complexity index is 109. The van der Waals surface area contributed by atoms with E-state index in [0.29, 0.717) is 0 Å².